The van der Waals surface area contributed by atoms with Crippen LogP contribution in [0.15, 0.2) is 126 Å². The van der Waals surface area contributed by atoms with Crippen molar-refractivity contribution in [1.29, 1.82) is 0 Å². The number of carbonyl (C=O) groups excluding carboxylic acids is 1. The highest BCUT2D eigenvalue weighted by molar-refractivity contribution is 7.99. The number of benzene rings is 4. The number of esters is 1. The molecule has 0 N–H and O–H groups in total. The molecule has 1 fully saturated rings. The summed E-state index contributed by atoms with van der Waals surface area (Å²) in [5.74, 6) is -2.33. The summed E-state index contributed by atoms with van der Waals surface area (Å²) in [5.41, 5.74) is 1.61. The molecule has 10 heteroatoms. The van der Waals surface area contributed by atoms with E-state index in [0.29, 0.717) is 0 Å². The minimum absolute atomic E-state index is 0.0338. The zero-order valence-corrected chi connectivity index (χ0v) is 25.1. The molecule has 0 spiro atoms. The third-order valence-electron chi connectivity index (χ3n) is 7.03. The van der Waals surface area contributed by atoms with E-state index in [2.05, 4.69) is 0 Å². The van der Waals surface area contributed by atoms with Gasteiger partial charge < -0.3 is 23.7 Å². The smallest absolute Gasteiger partial charge is 0.450 e. The van der Waals surface area contributed by atoms with E-state index in [0.717, 1.165) is 21.6 Å². The van der Waals surface area contributed by atoms with Crippen LogP contribution in [0.1, 0.15) is 16.7 Å². The first-order valence-corrected chi connectivity index (χ1v) is 15.3. The molecule has 0 unspecified atom stereocenters. The molecule has 236 valence electrons. The molecule has 0 amide bonds. The number of ether oxygens (including phenoxy) is 5. The third-order valence-corrected chi connectivity index (χ3v) is 8.18. The molecule has 1 heterocycles. The summed E-state index contributed by atoms with van der Waals surface area (Å²) in [5, 5.41) is 0. The van der Waals surface area contributed by atoms with Crippen LogP contribution in [0.4, 0.5) is 13.2 Å². The van der Waals surface area contributed by atoms with Gasteiger partial charge in [0.2, 0.25) is 0 Å². The zero-order chi connectivity index (χ0) is 31.5. The predicted octanol–water partition coefficient (Wildman–Crippen LogP) is 7.37. The van der Waals surface area contributed by atoms with Gasteiger partial charge in [0.05, 0.1) is 26.4 Å². The Morgan fingerprint density at radius 1 is 0.644 bits per heavy atom. The standard InChI is InChI=1S/C35H33F3O6S/c36-35(37,38)34(39)44-31-30(41-22-26-15-7-2-8-16-26)29(24-40-21-25-13-5-1-6-14-25)43-33(45-28-19-11-4-12-20-28)32(31)42-23-27-17-9-3-10-18-27/h1-20,29-33H,21-24H2/t29-,30-,31+,32+,33-/m1/s1. The molecule has 6 nitrogen and oxygen atoms in total. The maximum absolute atomic E-state index is 13.7. The molecule has 0 radical (unpaired) electrons. The number of thioether (sulfide) groups is 1. The normalized spacial score (nSPS) is 21.7. The van der Waals surface area contributed by atoms with E-state index in [4.69, 9.17) is 23.7 Å². The summed E-state index contributed by atoms with van der Waals surface area (Å²) in [4.78, 5) is 13.2. The topological polar surface area (TPSA) is 63.2 Å². The molecular formula is C35H33F3O6S. The highest BCUT2D eigenvalue weighted by atomic mass is 32.2. The van der Waals surface area contributed by atoms with Gasteiger partial charge in [-0.3, -0.25) is 0 Å². The van der Waals surface area contributed by atoms with Gasteiger partial charge in [-0.05, 0) is 28.8 Å². The Morgan fingerprint density at radius 3 is 1.62 bits per heavy atom. The molecule has 1 saturated heterocycles. The highest BCUT2D eigenvalue weighted by Gasteiger charge is 2.53. The SMILES string of the molecule is O=C(O[C@@H]1[C@H](OCc2ccccc2)[C@@H](Sc2ccccc2)O[C@H](COCc2ccccc2)[C@H]1OCc1ccccc1)C(F)(F)F. The largest absolute Gasteiger partial charge is 0.490 e. The molecule has 0 aliphatic carbocycles. The Labute approximate surface area is 264 Å². The Morgan fingerprint density at radius 2 is 1.11 bits per heavy atom. The van der Waals surface area contributed by atoms with Crippen molar-refractivity contribution in [1.82, 2.24) is 0 Å². The van der Waals surface area contributed by atoms with Gasteiger partial charge in [-0.1, -0.05) is 121 Å². The second-order valence-corrected chi connectivity index (χ2v) is 11.5. The fourth-order valence-corrected chi connectivity index (χ4v) is 5.99. The second-order valence-electron chi connectivity index (χ2n) is 10.4. The van der Waals surface area contributed by atoms with Crippen molar-refractivity contribution >= 4 is 17.7 Å². The number of alkyl halides is 3. The number of halogens is 3. The van der Waals surface area contributed by atoms with Crippen LogP contribution in [0.3, 0.4) is 0 Å². The van der Waals surface area contributed by atoms with E-state index >= 15 is 0 Å². The van der Waals surface area contributed by atoms with E-state index in [1.54, 1.807) is 0 Å². The van der Waals surface area contributed by atoms with E-state index in [1.165, 1.54) is 11.8 Å². The van der Waals surface area contributed by atoms with Crippen molar-refractivity contribution in [3.8, 4) is 0 Å². The Bertz CT molecular complexity index is 1440. The molecule has 0 aromatic heterocycles. The molecule has 4 aromatic rings. The van der Waals surface area contributed by atoms with Gasteiger partial charge in [0.1, 0.15) is 23.7 Å². The lowest BCUT2D eigenvalue weighted by molar-refractivity contribution is -0.262. The minimum Gasteiger partial charge on any atom is -0.450 e. The molecular weight excluding hydrogens is 605 g/mol. The average Bonchev–Trinajstić information content (AvgIpc) is 3.05. The first kappa shape index (κ1) is 32.7. The first-order chi connectivity index (χ1) is 21.9. The lowest BCUT2D eigenvalue weighted by Gasteiger charge is -2.45. The van der Waals surface area contributed by atoms with Gasteiger partial charge in [-0.25, -0.2) is 4.79 Å². The Kier molecular flexibility index (Phi) is 11.7. The number of hydrogen-bond acceptors (Lipinski definition) is 7. The molecule has 1 aliphatic heterocycles. The monoisotopic (exact) mass is 638 g/mol. The molecule has 45 heavy (non-hydrogen) atoms. The van der Waals surface area contributed by atoms with Crippen LogP contribution in [0.2, 0.25) is 0 Å². The lowest BCUT2D eigenvalue weighted by atomic mass is 9.99. The third kappa shape index (κ3) is 9.66. The Hall–Kier alpha value is -3.67. The summed E-state index contributed by atoms with van der Waals surface area (Å²) in [6, 6.07) is 37.1. The first-order valence-electron chi connectivity index (χ1n) is 14.4. The predicted molar refractivity (Wildman–Crippen MR) is 163 cm³/mol. The van der Waals surface area contributed by atoms with Crippen molar-refractivity contribution in [3.63, 3.8) is 0 Å². The lowest BCUT2D eigenvalue weighted by Crippen LogP contribution is -2.61. The Balaban J connectivity index is 1.48. The quantitative estimate of drug-likeness (QED) is 0.142. The molecule has 1 aliphatic rings. The van der Waals surface area contributed by atoms with Crippen LogP contribution in [0.5, 0.6) is 0 Å². The van der Waals surface area contributed by atoms with Crippen molar-refractivity contribution in [2.24, 2.45) is 0 Å². The van der Waals surface area contributed by atoms with Gasteiger partial charge in [0.15, 0.2) is 6.10 Å². The molecule has 0 saturated carbocycles. The zero-order valence-electron chi connectivity index (χ0n) is 24.3. The van der Waals surface area contributed by atoms with E-state index in [9.17, 15) is 18.0 Å². The number of hydrogen-bond donors (Lipinski definition) is 0. The summed E-state index contributed by atoms with van der Waals surface area (Å²) >= 11 is 1.27. The van der Waals surface area contributed by atoms with E-state index in [1.807, 2.05) is 121 Å². The van der Waals surface area contributed by atoms with Gasteiger partial charge in [-0.2, -0.15) is 13.2 Å². The highest BCUT2D eigenvalue weighted by Crippen LogP contribution is 2.38. The molecule has 0 bridgehead atoms. The van der Waals surface area contributed by atoms with Crippen molar-refractivity contribution < 1.29 is 41.7 Å². The van der Waals surface area contributed by atoms with E-state index in [-0.39, 0.29) is 26.4 Å². The summed E-state index contributed by atoms with van der Waals surface area (Å²) in [6.07, 6.45) is -9.89. The van der Waals surface area contributed by atoms with Crippen LogP contribution < -0.4 is 0 Å². The molecule has 5 atom stereocenters. The van der Waals surface area contributed by atoms with Gasteiger partial charge in [0.25, 0.3) is 0 Å². The van der Waals surface area contributed by atoms with Crippen LogP contribution in [-0.2, 0) is 48.3 Å². The summed E-state index contributed by atoms with van der Waals surface area (Å²) in [6.45, 7) is 0.280. The van der Waals surface area contributed by atoms with Gasteiger partial charge in [-0.15, -0.1) is 0 Å². The van der Waals surface area contributed by atoms with Crippen molar-refractivity contribution in [2.45, 2.75) is 60.7 Å². The van der Waals surface area contributed by atoms with Crippen LogP contribution in [0.25, 0.3) is 0 Å². The second kappa shape index (κ2) is 16.1. The van der Waals surface area contributed by atoms with Gasteiger partial charge in [0, 0.05) is 4.90 Å². The number of carbonyl (C=O) groups is 1. The maximum Gasteiger partial charge on any atom is 0.490 e. The fraction of sp³-hybridized carbons (Fsp3) is 0.286. The van der Waals surface area contributed by atoms with Crippen LogP contribution in [-0.4, -0.2) is 48.6 Å². The molecule has 5 rings (SSSR count). The van der Waals surface area contributed by atoms with E-state index < -0.39 is 42.0 Å². The van der Waals surface area contributed by atoms with Gasteiger partial charge >= 0.3 is 12.1 Å². The van der Waals surface area contributed by atoms with Crippen LogP contribution >= 0.6 is 11.8 Å². The summed E-state index contributed by atoms with van der Waals surface area (Å²) < 4.78 is 71.4. The van der Waals surface area contributed by atoms with Crippen molar-refractivity contribution in [3.05, 3.63) is 138 Å². The van der Waals surface area contributed by atoms with Crippen LogP contribution in [0, 0.1) is 0 Å². The maximum atomic E-state index is 13.7. The average molecular weight is 639 g/mol. The molecule has 4 aromatic carbocycles. The number of rotatable bonds is 13. The fourth-order valence-electron chi connectivity index (χ4n) is 4.84. The minimum atomic E-state index is -5.23. The van der Waals surface area contributed by atoms with Crippen molar-refractivity contribution in [2.75, 3.05) is 6.61 Å². The summed E-state index contributed by atoms with van der Waals surface area (Å²) in [7, 11) is 0.